The van der Waals surface area contributed by atoms with Gasteiger partial charge in [-0.25, -0.2) is 0 Å². The number of hydrogen-bond donors (Lipinski definition) is 4. The lowest BCUT2D eigenvalue weighted by Crippen LogP contribution is -2.38. The molecule has 1 aliphatic heterocycles. The van der Waals surface area contributed by atoms with Gasteiger partial charge in [-0.05, 0) is 0 Å². The molecule has 134 valence electrons. The van der Waals surface area contributed by atoms with Crippen LogP contribution in [0.1, 0.15) is 12.8 Å². The highest BCUT2D eigenvalue weighted by atomic mass is 16.5. The molecular formula is C14H20N2O8. The molecule has 1 aliphatic rings. The zero-order valence-electron chi connectivity index (χ0n) is 12.9. The monoisotopic (exact) mass is 344 g/mol. The normalized spacial score (nSPS) is 16.3. The lowest BCUT2D eigenvalue weighted by atomic mass is 10.3. The number of ether oxygens (including phenoxy) is 1. The maximum Gasteiger partial charge on any atom is 0.306 e. The predicted octanol–water partition coefficient (Wildman–Crippen LogP) is -2.37. The highest BCUT2D eigenvalue weighted by molar-refractivity contribution is 6.13. The van der Waals surface area contributed by atoms with Crippen LogP contribution in [-0.4, -0.2) is 82.4 Å². The van der Waals surface area contributed by atoms with Crippen LogP contribution in [0.3, 0.4) is 0 Å². The minimum absolute atomic E-state index is 0.0511. The first kappa shape index (κ1) is 19.7. The summed E-state index contributed by atoms with van der Waals surface area (Å²) in [4.78, 5) is 45.4. The average Bonchev–Trinajstić information content (AvgIpc) is 2.81. The number of amides is 3. The van der Waals surface area contributed by atoms with Crippen molar-refractivity contribution in [2.75, 3.05) is 26.3 Å². The zero-order valence-corrected chi connectivity index (χ0v) is 12.9. The first-order valence-corrected chi connectivity index (χ1v) is 7.25. The quantitative estimate of drug-likeness (QED) is 0.303. The first-order valence-electron chi connectivity index (χ1n) is 7.25. The van der Waals surface area contributed by atoms with Gasteiger partial charge in [-0.1, -0.05) is 0 Å². The van der Waals surface area contributed by atoms with Gasteiger partial charge in [0.25, 0.3) is 11.8 Å². The van der Waals surface area contributed by atoms with Crippen molar-refractivity contribution in [3.05, 3.63) is 12.2 Å². The SMILES string of the molecule is O=C(O)CC(O)COCC(O)CNC(=O)CCN1C(=O)C=CC1=O. The molecule has 0 aromatic carbocycles. The number of carbonyl (C=O) groups excluding carboxylic acids is 3. The molecule has 3 amide bonds. The van der Waals surface area contributed by atoms with E-state index in [2.05, 4.69) is 5.32 Å². The lowest BCUT2D eigenvalue weighted by Gasteiger charge is -2.15. The molecule has 0 spiro atoms. The molecule has 1 rings (SSSR count). The van der Waals surface area contributed by atoms with Crippen LogP contribution in [0.4, 0.5) is 0 Å². The summed E-state index contributed by atoms with van der Waals surface area (Å²) >= 11 is 0. The van der Waals surface area contributed by atoms with E-state index in [4.69, 9.17) is 9.84 Å². The van der Waals surface area contributed by atoms with Crippen LogP contribution in [0.5, 0.6) is 0 Å². The number of aliphatic hydroxyl groups excluding tert-OH is 2. The van der Waals surface area contributed by atoms with Crippen molar-refractivity contribution in [2.45, 2.75) is 25.0 Å². The number of carbonyl (C=O) groups is 4. The standard InChI is InChI=1S/C14H20N2O8/c17-9(5-14(22)23)7-24-8-10(18)6-15-11(19)3-4-16-12(20)1-2-13(16)21/h1-2,9-10,17-18H,3-8H2,(H,15,19)(H,22,23). The van der Waals surface area contributed by atoms with Crippen molar-refractivity contribution < 1.29 is 39.2 Å². The molecule has 2 atom stereocenters. The molecule has 10 nitrogen and oxygen atoms in total. The molecular weight excluding hydrogens is 324 g/mol. The Morgan fingerprint density at radius 3 is 2.29 bits per heavy atom. The fourth-order valence-corrected chi connectivity index (χ4v) is 1.84. The third-order valence-corrected chi connectivity index (χ3v) is 3.03. The van der Waals surface area contributed by atoms with E-state index in [1.807, 2.05) is 0 Å². The van der Waals surface area contributed by atoms with E-state index in [0.29, 0.717) is 0 Å². The molecule has 0 radical (unpaired) electrons. The number of imide groups is 1. The van der Waals surface area contributed by atoms with Gasteiger partial charge < -0.3 is 25.4 Å². The van der Waals surface area contributed by atoms with Gasteiger partial charge in [0.2, 0.25) is 5.91 Å². The number of aliphatic hydroxyl groups is 2. The molecule has 4 N–H and O–H groups in total. The Kier molecular flexibility index (Phi) is 8.02. The summed E-state index contributed by atoms with van der Waals surface area (Å²) in [6.07, 6.45) is -0.518. The highest BCUT2D eigenvalue weighted by Crippen LogP contribution is 2.04. The highest BCUT2D eigenvalue weighted by Gasteiger charge is 2.23. The minimum Gasteiger partial charge on any atom is -0.481 e. The fraction of sp³-hybridized carbons (Fsp3) is 0.571. The summed E-state index contributed by atoms with van der Waals surface area (Å²) in [5.74, 6) is -2.56. The van der Waals surface area contributed by atoms with E-state index in [1.54, 1.807) is 0 Å². The third-order valence-electron chi connectivity index (χ3n) is 3.03. The summed E-state index contributed by atoms with van der Waals surface area (Å²) in [5.41, 5.74) is 0. The van der Waals surface area contributed by atoms with Gasteiger partial charge in [0, 0.05) is 31.7 Å². The van der Waals surface area contributed by atoms with Gasteiger partial charge in [0.15, 0.2) is 0 Å². The first-order chi connectivity index (χ1) is 11.3. The van der Waals surface area contributed by atoms with Crippen LogP contribution in [0, 0.1) is 0 Å². The molecule has 0 aromatic heterocycles. The Labute approximate surface area is 137 Å². The predicted molar refractivity (Wildman–Crippen MR) is 78.6 cm³/mol. The number of nitrogens with one attached hydrogen (secondary N) is 1. The molecule has 0 saturated carbocycles. The van der Waals surface area contributed by atoms with Crippen LogP contribution in [0.2, 0.25) is 0 Å². The molecule has 24 heavy (non-hydrogen) atoms. The van der Waals surface area contributed by atoms with E-state index in [9.17, 15) is 29.4 Å². The molecule has 0 fully saturated rings. The largest absolute Gasteiger partial charge is 0.481 e. The van der Waals surface area contributed by atoms with Gasteiger partial charge in [-0.2, -0.15) is 0 Å². The van der Waals surface area contributed by atoms with Crippen LogP contribution < -0.4 is 5.32 Å². The van der Waals surface area contributed by atoms with Crippen molar-refractivity contribution in [2.24, 2.45) is 0 Å². The third kappa shape index (κ3) is 7.31. The number of hydrogen-bond acceptors (Lipinski definition) is 7. The van der Waals surface area contributed by atoms with E-state index < -0.39 is 42.3 Å². The van der Waals surface area contributed by atoms with Gasteiger partial charge in [-0.15, -0.1) is 0 Å². The van der Waals surface area contributed by atoms with E-state index in [-0.39, 0.29) is 32.7 Å². The zero-order chi connectivity index (χ0) is 18.1. The summed E-state index contributed by atoms with van der Waals surface area (Å²) in [7, 11) is 0. The maximum absolute atomic E-state index is 11.6. The average molecular weight is 344 g/mol. The lowest BCUT2D eigenvalue weighted by molar-refractivity contribution is -0.141. The molecule has 2 unspecified atom stereocenters. The van der Waals surface area contributed by atoms with E-state index >= 15 is 0 Å². The summed E-state index contributed by atoms with van der Waals surface area (Å²) < 4.78 is 4.94. The Bertz CT molecular complexity index is 501. The number of nitrogens with zero attached hydrogens (tertiary/aromatic N) is 1. The van der Waals surface area contributed by atoms with Crippen LogP contribution in [0.15, 0.2) is 12.2 Å². The number of carboxylic acid groups (broad SMARTS) is 1. The van der Waals surface area contributed by atoms with Gasteiger partial charge in [0.05, 0.1) is 31.8 Å². The molecule has 10 heteroatoms. The Balaban J connectivity index is 2.12. The Morgan fingerprint density at radius 1 is 1.12 bits per heavy atom. The van der Waals surface area contributed by atoms with Crippen LogP contribution in [-0.2, 0) is 23.9 Å². The smallest absolute Gasteiger partial charge is 0.306 e. The maximum atomic E-state index is 11.6. The Hall–Kier alpha value is -2.30. The Morgan fingerprint density at radius 2 is 1.71 bits per heavy atom. The summed E-state index contributed by atoms with van der Waals surface area (Å²) in [6.45, 7) is -0.605. The number of rotatable bonds is 11. The van der Waals surface area contributed by atoms with Crippen LogP contribution >= 0.6 is 0 Å². The van der Waals surface area contributed by atoms with Crippen molar-refractivity contribution in [3.63, 3.8) is 0 Å². The van der Waals surface area contributed by atoms with Crippen molar-refractivity contribution >= 4 is 23.7 Å². The van der Waals surface area contributed by atoms with Crippen LogP contribution in [0.25, 0.3) is 0 Å². The minimum atomic E-state index is -1.17. The molecule has 0 saturated heterocycles. The topological polar surface area (TPSA) is 153 Å². The second-order valence-corrected chi connectivity index (χ2v) is 5.16. The van der Waals surface area contributed by atoms with Crippen molar-refractivity contribution in [3.8, 4) is 0 Å². The van der Waals surface area contributed by atoms with E-state index in [1.165, 1.54) is 0 Å². The molecule has 0 bridgehead atoms. The number of carboxylic acids is 1. The molecule has 0 aromatic rings. The second kappa shape index (κ2) is 9.75. The molecule has 0 aliphatic carbocycles. The summed E-state index contributed by atoms with van der Waals surface area (Å²) in [5, 5.41) is 29.7. The van der Waals surface area contributed by atoms with E-state index in [0.717, 1.165) is 17.1 Å². The fourth-order valence-electron chi connectivity index (χ4n) is 1.84. The number of aliphatic carboxylic acids is 1. The van der Waals surface area contributed by atoms with Gasteiger partial charge >= 0.3 is 5.97 Å². The van der Waals surface area contributed by atoms with Crippen molar-refractivity contribution in [1.29, 1.82) is 0 Å². The second-order valence-electron chi connectivity index (χ2n) is 5.16. The van der Waals surface area contributed by atoms with Gasteiger partial charge in [0.1, 0.15) is 0 Å². The van der Waals surface area contributed by atoms with Crippen molar-refractivity contribution in [1.82, 2.24) is 10.2 Å². The molecule has 1 heterocycles. The van der Waals surface area contributed by atoms with Gasteiger partial charge in [-0.3, -0.25) is 24.1 Å². The summed E-state index contributed by atoms with van der Waals surface area (Å²) in [6, 6.07) is 0.